The molecule has 0 atom stereocenters. The fourth-order valence-electron chi connectivity index (χ4n) is 1.98. The minimum absolute atomic E-state index is 0.00934. The molecule has 5 nitrogen and oxygen atoms in total. The molecule has 0 unspecified atom stereocenters. The van der Waals surface area contributed by atoms with Crippen molar-refractivity contribution in [1.82, 2.24) is 13.9 Å². The highest BCUT2D eigenvalue weighted by Gasteiger charge is 2.23. The molecule has 22 heavy (non-hydrogen) atoms. The fraction of sp³-hybridized carbons (Fsp3) is 0.357. The Kier molecular flexibility index (Phi) is 4.62. The van der Waals surface area contributed by atoms with E-state index in [1.165, 1.54) is 19.3 Å². The van der Waals surface area contributed by atoms with Crippen LogP contribution in [-0.4, -0.2) is 29.3 Å². The first-order valence-electron chi connectivity index (χ1n) is 6.57. The summed E-state index contributed by atoms with van der Waals surface area (Å²) in [5.74, 6) is -0.00934. The summed E-state index contributed by atoms with van der Waals surface area (Å²) in [5.41, 5.74) is 1.83. The summed E-state index contributed by atoms with van der Waals surface area (Å²) in [6.45, 7) is 0.717. The normalized spacial score (nSPS) is 12.3. The van der Waals surface area contributed by atoms with Gasteiger partial charge in [0.15, 0.2) is 0 Å². The van der Waals surface area contributed by atoms with Crippen LogP contribution in [0.5, 0.6) is 0 Å². The van der Waals surface area contributed by atoms with Gasteiger partial charge in [-0.05, 0) is 37.1 Å². The molecular weight excluding hydrogens is 312 g/mol. The van der Waals surface area contributed by atoms with E-state index in [0.717, 1.165) is 21.6 Å². The topological polar surface area (TPSA) is 55.2 Å². The van der Waals surface area contributed by atoms with Crippen molar-refractivity contribution in [1.29, 1.82) is 0 Å². The predicted octanol–water partition coefficient (Wildman–Crippen LogP) is 2.72. The van der Waals surface area contributed by atoms with Gasteiger partial charge < -0.3 is 0 Å². The van der Waals surface area contributed by atoms with Gasteiger partial charge in [0.2, 0.25) is 10.0 Å². The number of aryl methyl sites for hydroxylation is 2. The third-order valence-corrected chi connectivity index (χ3v) is 5.31. The van der Waals surface area contributed by atoms with E-state index in [9.17, 15) is 17.2 Å². The van der Waals surface area contributed by atoms with Gasteiger partial charge >= 0.3 is 6.55 Å². The van der Waals surface area contributed by atoms with Crippen LogP contribution in [0, 0.1) is 13.8 Å². The number of hydrogen-bond acceptors (Lipinski definition) is 3. The van der Waals surface area contributed by atoms with Gasteiger partial charge in [0.05, 0.1) is 11.4 Å². The summed E-state index contributed by atoms with van der Waals surface area (Å²) in [5, 5.41) is 0. The number of rotatable bonds is 5. The Morgan fingerprint density at radius 2 is 1.95 bits per heavy atom. The third-order valence-electron chi connectivity index (χ3n) is 3.51. The second-order valence-corrected chi connectivity index (χ2v) is 7.08. The molecule has 0 saturated carbocycles. The van der Waals surface area contributed by atoms with Gasteiger partial charge in [-0.3, -0.25) is 4.57 Å². The Bertz CT molecular complexity index is 772. The zero-order chi connectivity index (χ0) is 16.5. The van der Waals surface area contributed by atoms with Crippen molar-refractivity contribution in [3.63, 3.8) is 0 Å². The van der Waals surface area contributed by atoms with Crippen LogP contribution < -0.4 is 0 Å². The average molecular weight is 329 g/mol. The van der Waals surface area contributed by atoms with E-state index in [2.05, 4.69) is 4.98 Å². The van der Waals surface area contributed by atoms with Crippen molar-refractivity contribution in [3.05, 3.63) is 47.5 Å². The second kappa shape index (κ2) is 6.13. The molecule has 120 valence electrons. The average Bonchev–Trinajstić information content (AvgIpc) is 2.90. The van der Waals surface area contributed by atoms with E-state index in [1.807, 2.05) is 13.8 Å². The molecule has 0 aliphatic rings. The van der Waals surface area contributed by atoms with Crippen LogP contribution in [0.4, 0.5) is 8.78 Å². The molecule has 2 aromatic rings. The van der Waals surface area contributed by atoms with Gasteiger partial charge in [0.25, 0.3) is 0 Å². The van der Waals surface area contributed by atoms with Crippen LogP contribution >= 0.6 is 0 Å². The third kappa shape index (κ3) is 3.17. The van der Waals surface area contributed by atoms with Crippen LogP contribution in [-0.2, 0) is 16.6 Å². The molecule has 0 bridgehead atoms. The van der Waals surface area contributed by atoms with Gasteiger partial charge in [0, 0.05) is 19.4 Å². The highest BCUT2D eigenvalue weighted by molar-refractivity contribution is 7.89. The van der Waals surface area contributed by atoms with Crippen LogP contribution in [0.1, 0.15) is 23.5 Å². The summed E-state index contributed by atoms with van der Waals surface area (Å²) < 4.78 is 52.2. The SMILES string of the molecule is Cc1ccc(S(=O)(=O)N(C)Cc2nccn2C(F)F)cc1C. The molecule has 0 radical (unpaired) electrons. The summed E-state index contributed by atoms with van der Waals surface area (Å²) in [7, 11) is -2.42. The maximum absolute atomic E-state index is 12.8. The van der Waals surface area contributed by atoms with E-state index < -0.39 is 16.6 Å². The highest BCUT2D eigenvalue weighted by Crippen LogP contribution is 2.20. The molecule has 1 aromatic heterocycles. The molecule has 0 amide bonds. The van der Waals surface area contributed by atoms with Gasteiger partial charge in [0.1, 0.15) is 5.82 Å². The number of hydrogen-bond donors (Lipinski definition) is 0. The molecule has 0 aliphatic heterocycles. The smallest absolute Gasteiger partial charge is 0.277 e. The van der Waals surface area contributed by atoms with Crippen LogP contribution in [0.25, 0.3) is 0 Å². The minimum atomic E-state index is -3.76. The lowest BCUT2D eigenvalue weighted by Gasteiger charge is -2.18. The number of aromatic nitrogens is 2. The molecule has 8 heteroatoms. The molecule has 0 fully saturated rings. The number of halogens is 2. The number of nitrogens with zero attached hydrogens (tertiary/aromatic N) is 3. The monoisotopic (exact) mass is 329 g/mol. The van der Waals surface area contributed by atoms with E-state index in [1.54, 1.807) is 12.1 Å². The second-order valence-electron chi connectivity index (χ2n) is 5.04. The van der Waals surface area contributed by atoms with Crippen molar-refractivity contribution in [2.45, 2.75) is 31.8 Å². The minimum Gasteiger partial charge on any atom is -0.277 e. The zero-order valence-corrected chi connectivity index (χ0v) is 13.3. The van der Waals surface area contributed by atoms with Gasteiger partial charge in [-0.25, -0.2) is 13.4 Å². The Morgan fingerprint density at radius 1 is 1.27 bits per heavy atom. The lowest BCUT2D eigenvalue weighted by molar-refractivity contribution is 0.0658. The van der Waals surface area contributed by atoms with E-state index in [4.69, 9.17) is 0 Å². The van der Waals surface area contributed by atoms with Crippen molar-refractivity contribution in [3.8, 4) is 0 Å². The Morgan fingerprint density at radius 3 is 2.55 bits per heavy atom. The molecular formula is C14H17F2N3O2S. The first-order chi connectivity index (χ1) is 10.2. The number of benzene rings is 1. The van der Waals surface area contributed by atoms with E-state index >= 15 is 0 Å². The summed E-state index contributed by atoms with van der Waals surface area (Å²) in [4.78, 5) is 3.93. The standard InChI is InChI=1S/C14H17F2N3O2S/c1-10-4-5-12(8-11(10)2)22(20,21)18(3)9-13-17-6-7-19(13)14(15)16/h4-8,14H,9H2,1-3H3. The Labute approximate surface area is 128 Å². The first-order valence-corrected chi connectivity index (χ1v) is 8.01. The lowest BCUT2D eigenvalue weighted by atomic mass is 10.1. The predicted molar refractivity (Wildman–Crippen MR) is 78.0 cm³/mol. The molecule has 1 aromatic carbocycles. The number of sulfonamides is 1. The fourth-order valence-corrected chi connectivity index (χ4v) is 3.19. The molecule has 2 rings (SSSR count). The van der Waals surface area contributed by atoms with E-state index in [0.29, 0.717) is 4.57 Å². The van der Waals surface area contributed by atoms with Crippen LogP contribution in [0.15, 0.2) is 35.5 Å². The van der Waals surface area contributed by atoms with Gasteiger partial charge in [-0.2, -0.15) is 13.1 Å². The van der Waals surface area contributed by atoms with Gasteiger partial charge in [-0.1, -0.05) is 6.07 Å². The largest absolute Gasteiger partial charge is 0.319 e. The lowest BCUT2D eigenvalue weighted by Crippen LogP contribution is -2.28. The molecule has 0 aliphatic carbocycles. The van der Waals surface area contributed by atoms with Crippen LogP contribution in [0.2, 0.25) is 0 Å². The first kappa shape index (κ1) is 16.6. The van der Waals surface area contributed by atoms with Crippen molar-refractivity contribution >= 4 is 10.0 Å². The summed E-state index contributed by atoms with van der Waals surface area (Å²) >= 11 is 0. The molecule has 0 N–H and O–H groups in total. The van der Waals surface area contributed by atoms with Gasteiger partial charge in [-0.15, -0.1) is 0 Å². The Hall–Kier alpha value is -1.80. The van der Waals surface area contributed by atoms with Crippen molar-refractivity contribution < 1.29 is 17.2 Å². The molecule has 1 heterocycles. The highest BCUT2D eigenvalue weighted by atomic mass is 32.2. The summed E-state index contributed by atoms with van der Waals surface area (Å²) in [6.07, 6.45) is 2.34. The van der Waals surface area contributed by atoms with Crippen molar-refractivity contribution in [2.24, 2.45) is 0 Å². The molecule has 0 saturated heterocycles. The van der Waals surface area contributed by atoms with E-state index in [-0.39, 0.29) is 17.3 Å². The number of imidazole rings is 1. The maximum atomic E-state index is 12.8. The maximum Gasteiger partial charge on any atom is 0.319 e. The number of alkyl halides is 2. The quantitative estimate of drug-likeness (QED) is 0.847. The Balaban J connectivity index is 2.29. The zero-order valence-electron chi connectivity index (χ0n) is 12.5. The van der Waals surface area contributed by atoms with Crippen molar-refractivity contribution in [2.75, 3.05) is 7.05 Å². The summed E-state index contributed by atoms with van der Waals surface area (Å²) in [6, 6.07) is 4.80. The van der Waals surface area contributed by atoms with Crippen LogP contribution in [0.3, 0.4) is 0 Å². The molecule has 0 spiro atoms.